The first-order valence-corrected chi connectivity index (χ1v) is 10.7. The number of rotatable bonds is 4. The maximum absolute atomic E-state index is 13.2. The van der Waals surface area contributed by atoms with Crippen molar-refractivity contribution in [1.82, 2.24) is 0 Å². The van der Waals surface area contributed by atoms with Crippen molar-refractivity contribution < 1.29 is 19.0 Å². The molecule has 2 saturated heterocycles. The van der Waals surface area contributed by atoms with E-state index in [0.29, 0.717) is 6.42 Å². The van der Waals surface area contributed by atoms with E-state index < -0.39 is 11.9 Å². The van der Waals surface area contributed by atoms with Gasteiger partial charge in [0.25, 0.3) is 0 Å². The molecule has 2 fully saturated rings. The van der Waals surface area contributed by atoms with E-state index in [9.17, 15) is 9.50 Å². The Morgan fingerprint density at radius 1 is 1.10 bits per heavy atom. The van der Waals surface area contributed by atoms with Crippen LogP contribution >= 0.6 is 11.3 Å². The molecule has 5 rings (SSSR count). The van der Waals surface area contributed by atoms with Crippen LogP contribution in [0, 0.1) is 12.7 Å². The van der Waals surface area contributed by atoms with Gasteiger partial charge in [-0.05, 0) is 60.9 Å². The summed E-state index contributed by atoms with van der Waals surface area (Å²) in [6, 6.07) is 17.1. The highest BCUT2D eigenvalue weighted by Gasteiger charge is 2.66. The number of halogens is 1. The van der Waals surface area contributed by atoms with E-state index in [-0.39, 0.29) is 18.0 Å². The van der Waals surface area contributed by atoms with Crippen LogP contribution < -0.4 is 0 Å². The Kier molecular flexibility index (Phi) is 4.59. The molecule has 4 unspecified atom stereocenters. The Morgan fingerprint density at radius 3 is 2.69 bits per heavy atom. The fraction of sp³-hybridized carbons (Fsp3) is 0.333. The molecule has 0 amide bonds. The molecule has 3 aromatic rings. The molecule has 0 radical (unpaired) electrons. The Balaban J connectivity index is 1.40. The van der Waals surface area contributed by atoms with Crippen LogP contribution in [0.15, 0.2) is 54.6 Å². The van der Waals surface area contributed by atoms with Crippen molar-refractivity contribution in [2.75, 3.05) is 0 Å². The molecule has 3 nitrogen and oxygen atoms in total. The van der Waals surface area contributed by atoms with Gasteiger partial charge in [0, 0.05) is 28.2 Å². The minimum absolute atomic E-state index is 0.0379. The van der Waals surface area contributed by atoms with E-state index >= 15 is 0 Å². The molecule has 29 heavy (non-hydrogen) atoms. The molecule has 0 saturated carbocycles. The van der Waals surface area contributed by atoms with Gasteiger partial charge in [-0.1, -0.05) is 24.3 Å². The Morgan fingerprint density at radius 2 is 1.90 bits per heavy atom. The number of hydrogen-bond acceptors (Lipinski definition) is 4. The molecule has 2 aliphatic rings. The van der Waals surface area contributed by atoms with Crippen LogP contribution in [0.1, 0.15) is 34.9 Å². The molecule has 150 valence electrons. The first-order chi connectivity index (χ1) is 13.9. The molecule has 4 atom stereocenters. The summed E-state index contributed by atoms with van der Waals surface area (Å²) in [7, 11) is 0. The van der Waals surface area contributed by atoms with Crippen LogP contribution in [0.5, 0.6) is 0 Å². The second-order valence-corrected chi connectivity index (χ2v) is 9.20. The number of aryl methyl sites for hydroxylation is 1. The van der Waals surface area contributed by atoms with Crippen LogP contribution in [0.3, 0.4) is 0 Å². The van der Waals surface area contributed by atoms with E-state index in [1.807, 2.05) is 25.1 Å². The zero-order chi connectivity index (χ0) is 20.2. The molecule has 3 heterocycles. The number of thiophene rings is 1. The average Bonchev–Trinajstić information content (AvgIpc) is 3.26. The highest BCUT2D eigenvalue weighted by atomic mass is 32.1. The summed E-state index contributed by atoms with van der Waals surface area (Å²) >= 11 is 1.72. The predicted molar refractivity (Wildman–Crippen MR) is 111 cm³/mol. The van der Waals surface area contributed by atoms with E-state index in [2.05, 4.69) is 31.2 Å². The molecule has 0 aliphatic carbocycles. The van der Waals surface area contributed by atoms with Crippen molar-refractivity contribution in [1.29, 1.82) is 0 Å². The first-order valence-electron chi connectivity index (χ1n) is 9.93. The van der Waals surface area contributed by atoms with Gasteiger partial charge in [-0.15, -0.1) is 11.3 Å². The minimum Gasteiger partial charge on any atom is -0.390 e. The largest absolute Gasteiger partial charge is 0.390 e. The number of fused-ring (bicyclic) bond motifs is 1. The van der Waals surface area contributed by atoms with Crippen molar-refractivity contribution in [3.05, 3.63) is 82.0 Å². The third-order valence-corrected chi connectivity index (χ3v) is 6.96. The fourth-order valence-corrected chi connectivity index (χ4v) is 5.24. The zero-order valence-electron chi connectivity index (χ0n) is 16.4. The summed E-state index contributed by atoms with van der Waals surface area (Å²) in [5.74, 6) is -1.02. The van der Waals surface area contributed by atoms with Crippen molar-refractivity contribution in [3.8, 4) is 10.4 Å². The molecule has 5 heteroatoms. The molecular formula is C24H23FO3S. The lowest BCUT2D eigenvalue weighted by molar-refractivity contribution is -0.114. The number of ether oxygens (including phenoxy) is 2. The first kappa shape index (κ1) is 18.9. The van der Waals surface area contributed by atoms with E-state index in [1.165, 1.54) is 28.1 Å². The van der Waals surface area contributed by atoms with Crippen LogP contribution in [0.2, 0.25) is 0 Å². The number of benzene rings is 2. The molecule has 2 aliphatic heterocycles. The SMILES string of the molecule is Cc1ccc(C23OC(C)CC(O)C2O3)cc1Cc1ccc(-c2ccc(F)cc2)s1. The second-order valence-electron chi connectivity index (χ2n) is 8.03. The second kappa shape index (κ2) is 7.03. The van der Waals surface area contributed by atoms with Gasteiger partial charge < -0.3 is 14.6 Å². The molecule has 0 spiro atoms. The predicted octanol–water partition coefficient (Wildman–Crippen LogP) is 5.17. The lowest BCUT2D eigenvalue weighted by Crippen LogP contribution is -2.37. The van der Waals surface area contributed by atoms with E-state index in [1.54, 1.807) is 11.3 Å². The van der Waals surface area contributed by atoms with Crippen LogP contribution in [0.25, 0.3) is 10.4 Å². The summed E-state index contributed by atoms with van der Waals surface area (Å²) < 4.78 is 25.1. The lowest BCUT2D eigenvalue weighted by atomic mass is 9.93. The summed E-state index contributed by atoms with van der Waals surface area (Å²) in [5, 5.41) is 10.3. The van der Waals surface area contributed by atoms with Crippen molar-refractivity contribution in [2.45, 2.75) is 50.8 Å². The fourth-order valence-electron chi connectivity index (χ4n) is 4.20. The lowest BCUT2D eigenvalue weighted by Gasteiger charge is -2.27. The van der Waals surface area contributed by atoms with Gasteiger partial charge in [0.1, 0.15) is 11.9 Å². The van der Waals surface area contributed by atoms with Gasteiger partial charge in [0.05, 0.1) is 12.2 Å². The van der Waals surface area contributed by atoms with Gasteiger partial charge in [-0.25, -0.2) is 4.39 Å². The number of aliphatic hydroxyl groups is 1. The standard InChI is InChI=1S/C24H23FO3S/c1-14-3-6-18(24-23(28-24)21(26)11-15(2)27-24)12-17(14)13-20-9-10-22(29-20)16-4-7-19(25)8-5-16/h3-10,12,15,21,23,26H,11,13H2,1-2H3. The van der Waals surface area contributed by atoms with Gasteiger partial charge in [0.15, 0.2) is 0 Å². The van der Waals surface area contributed by atoms with Crippen molar-refractivity contribution >= 4 is 11.3 Å². The summed E-state index contributed by atoms with van der Waals surface area (Å²) in [6.45, 7) is 4.08. The van der Waals surface area contributed by atoms with Gasteiger partial charge in [-0.3, -0.25) is 0 Å². The monoisotopic (exact) mass is 410 g/mol. The van der Waals surface area contributed by atoms with Crippen molar-refractivity contribution in [3.63, 3.8) is 0 Å². The quantitative estimate of drug-likeness (QED) is 0.603. The summed E-state index contributed by atoms with van der Waals surface area (Å²) in [6.07, 6.45) is 0.612. The highest BCUT2D eigenvalue weighted by Crippen LogP contribution is 2.54. The summed E-state index contributed by atoms with van der Waals surface area (Å²) in [4.78, 5) is 2.37. The van der Waals surface area contributed by atoms with Crippen LogP contribution in [-0.2, 0) is 21.7 Å². The third kappa shape index (κ3) is 3.42. The maximum Gasteiger partial charge on any atom is 0.225 e. The zero-order valence-corrected chi connectivity index (χ0v) is 17.2. The Labute approximate surface area is 173 Å². The number of epoxide rings is 1. The maximum atomic E-state index is 13.2. The third-order valence-electron chi connectivity index (χ3n) is 5.83. The molecule has 2 aromatic carbocycles. The molecule has 1 N–H and O–H groups in total. The Bertz CT molecular complexity index is 1040. The molecule has 1 aromatic heterocycles. The smallest absolute Gasteiger partial charge is 0.225 e. The topological polar surface area (TPSA) is 42.0 Å². The van der Waals surface area contributed by atoms with Crippen molar-refractivity contribution in [2.24, 2.45) is 0 Å². The number of aliphatic hydroxyl groups excluding tert-OH is 1. The van der Waals surface area contributed by atoms with Crippen LogP contribution in [-0.4, -0.2) is 23.4 Å². The Hall–Kier alpha value is -2.05. The van der Waals surface area contributed by atoms with Gasteiger partial charge in [0.2, 0.25) is 5.79 Å². The number of hydrogen-bond donors (Lipinski definition) is 1. The van der Waals surface area contributed by atoms with Gasteiger partial charge >= 0.3 is 0 Å². The molecule has 0 bridgehead atoms. The highest BCUT2D eigenvalue weighted by molar-refractivity contribution is 7.15. The van der Waals surface area contributed by atoms with E-state index in [4.69, 9.17) is 9.47 Å². The summed E-state index contributed by atoms with van der Waals surface area (Å²) in [5.41, 5.74) is 4.43. The van der Waals surface area contributed by atoms with Crippen LogP contribution in [0.4, 0.5) is 4.39 Å². The van der Waals surface area contributed by atoms with Gasteiger partial charge in [-0.2, -0.15) is 0 Å². The normalized spacial score (nSPS) is 28.2. The minimum atomic E-state index is -0.797. The average molecular weight is 411 g/mol. The molecular weight excluding hydrogens is 387 g/mol. The van der Waals surface area contributed by atoms with E-state index in [0.717, 1.165) is 22.4 Å².